The second-order valence-electron chi connectivity index (χ2n) is 7.94. The second kappa shape index (κ2) is 9.97. The number of ether oxygens (including phenoxy) is 1. The SMILES string of the molecule is CCCn1c(C)cc(C(=O)CSc2nnc(-c3cccs3)n2-c2cc(C)ccc2OC)c1C. The predicted octanol–water partition coefficient (Wildman–Crippen LogP) is 6.12. The molecule has 0 amide bonds. The molecule has 0 aliphatic carbocycles. The minimum atomic E-state index is 0.0962. The number of hydrogen-bond donors (Lipinski definition) is 0. The third-order valence-corrected chi connectivity index (χ3v) is 7.40. The summed E-state index contributed by atoms with van der Waals surface area (Å²) in [4.78, 5) is 14.2. The Balaban J connectivity index is 1.69. The van der Waals surface area contributed by atoms with Gasteiger partial charge in [0, 0.05) is 23.5 Å². The molecule has 0 radical (unpaired) electrons. The number of ketones is 1. The van der Waals surface area contributed by atoms with Crippen molar-refractivity contribution in [2.24, 2.45) is 0 Å². The number of methoxy groups -OCH3 is 1. The Morgan fingerprint density at radius 1 is 1.15 bits per heavy atom. The molecule has 33 heavy (non-hydrogen) atoms. The summed E-state index contributed by atoms with van der Waals surface area (Å²) in [6.07, 6.45) is 1.03. The molecule has 0 saturated carbocycles. The fourth-order valence-corrected chi connectivity index (χ4v) is 5.51. The van der Waals surface area contributed by atoms with E-state index in [1.165, 1.54) is 11.8 Å². The van der Waals surface area contributed by atoms with Gasteiger partial charge in [-0.1, -0.05) is 30.8 Å². The lowest BCUT2D eigenvalue weighted by atomic mass is 10.2. The molecule has 0 fully saturated rings. The van der Waals surface area contributed by atoms with Gasteiger partial charge in [0.25, 0.3) is 0 Å². The zero-order valence-corrected chi connectivity index (χ0v) is 21.2. The molecule has 0 aliphatic heterocycles. The van der Waals surface area contributed by atoms with E-state index in [2.05, 4.69) is 34.7 Å². The van der Waals surface area contributed by atoms with Gasteiger partial charge in [0.2, 0.25) is 0 Å². The van der Waals surface area contributed by atoms with E-state index in [-0.39, 0.29) is 11.5 Å². The van der Waals surface area contributed by atoms with Crippen molar-refractivity contribution < 1.29 is 9.53 Å². The molecule has 0 spiro atoms. The number of Topliss-reactive ketones (excluding diaryl/α,β-unsaturated/α-hetero) is 1. The summed E-state index contributed by atoms with van der Waals surface area (Å²) in [6, 6.07) is 12.0. The summed E-state index contributed by atoms with van der Waals surface area (Å²) in [5.74, 6) is 1.85. The molecule has 3 aromatic heterocycles. The van der Waals surface area contributed by atoms with Crippen LogP contribution in [0.3, 0.4) is 0 Å². The Morgan fingerprint density at radius 2 is 1.97 bits per heavy atom. The van der Waals surface area contributed by atoms with Crippen LogP contribution in [0.15, 0.2) is 46.9 Å². The predicted molar refractivity (Wildman–Crippen MR) is 135 cm³/mol. The summed E-state index contributed by atoms with van der Waals surface area (Å²) in [7, 11) is 1.66. The third kappa shape index (κ3) is 4.63. The zero-order valence-electron chi connectivity index (χ0n) is 19.6. The van der Waals surface area contributed by atoms with Crippen LogP contribution in [0.5, 0.6) is 5.75 Å². The van der Waals surface area contributed by atoms with Crippen molar-refractivity contribution in [1.29, 1.82) is 0 Å². The molecule has 4 rings (SSSR count). The van der Waals surface area contributed by atoms with Gasteiger partial charge in [0.15, 0.2) is 16.8 Å². The Bertz CT molecular complexity index is 1270. The molecule has 3 heterocycles. The molecule has 1 aromatic carbocycles. The summed E-state index contributed by atoms with van der Waals surface area (Å²) >= 11 is 3.01. The molecule has 4 aromatic rings. The van der Waals surface area contributed by atoms with Gasteiger partial charge in [-0.3, -0.25) is 9.36 Å². The first-order valence-electron chi connectivity index (χ1n) is 10.9. The number of aromatic nitrogens is 4. The maximum atomic E-state index is 13.2. The summed E-state index contributed by atoms with van der Waals surface area (Å²) in [5.41, 5.74) is 4.90. The van der Waals surface area contributed by atoms with Crippen molar-refractivity contribution in [3.8, 4) is 22.1 Å². The molecular weight excluding hydrogens is 452 g/mol. The Hall–Kier alpha value is -2.84. The number of rotatable bonds is 9. The van der Waals surface area contributed by atoms with E-state index in [1.54, 1.807) is 18.4 Å². The first-order valence-corrected chi connectivity index (χ1v) is 12.8. The monoisotopic (exact) mass is 480 g/mol. The Labute approximate surface area is 202 Å². The van der Waals surface area contributed by atoms with E-state index < -0.39 is 0 Å². The Kier molecular flexibility index (Phi) is 7.05. The quantitative estimate of drug-likeness (QED) is 0.213. The lowest BCUT2D eigenvalue weighted by molar-refractivity contribution is 0.102. The smallest absolute Gasteiger partial charge is 0.196 e. The molecule has 6 nitrogen and oxygen atoms in total. The van der Waals surface area contributed by atoms with E-state index >= 15 is 0 Å². The van der Waals surface area contributed by atoms with Crippen LogP contribution in [0, 0.1) is 20.8 Å². The second-order valence-corrected chi connectivity index (χ2v) is 9.83. The molecule has 0 bridgehead atoms. The van der Waals surface area contributed by atoms with Gasteiger partial charge in [-0.25, -0.2) is 0 Å². The number of hydrogen-bond acceptors (Lipinski definition) is 6. The van der Waals surface area contributed by atoms with Crippen molar-refractivity contribution in [2.75, 3.05) is 12.9 Å². The van der Waals surface area contributed by atoms with Gasteiger partial charge >= 0.3 is 0 Å². The van der Waals surface area contributed by atoms with Gasteiger partial charge in [-0.15, -0.1) is 21.5 Å². The number of benzene rings is 1. The van der Waals surface area contributed by atoms with Crippen molar-refractivity contribution in [3.63, 3.8) is 0 Å². The highest BCUT2D eigenvalue weighted by molar-refractivity contribution is 7.99. The maximum absolute atomic E-state index is 13.2. The highest BCUT2D eigenvalue weighted by Crippen LogP contribution is 2.35. The molecular formula is C25H28N4O2S2. The Morgan fingerprint density at radius 3 is 2.67 bits per heavy atom. The van der Waals surface area contributed by atoms with Crippen LogP contribution in [0.25, 0.3) is 16.4 Å². The van der Waals surface area contributed by atoms with Gasteiger partial charge in [-0.05, 0) is 62.4 Å². The van der Waals surface area contributed by atoms with Gasteiger partial charge in [-0.2, -0.15) is 0 Å². The fraction of sp³-hybridized carbons (Fsp3) is 0.320. The van der Waals surface area contributed by atoms with E-state index in [0.29, 0.717) is 5.16 Å². The van der Waals surface area contributed by atoms with Crippen LogP contribution < -0.4 is 4.74 Å². The molecule has 0 N–H and O–H groups in total. The average molecular weight is 481 g/mol. The topological polar surface area (TPSA) is 61.9 Å². The summed E-state index contributed by atoms with van der Waals surface area (Å²) < 4.78 is 9.86. The lowest BCUT2D eigenvalue weighted by Gasteiger charge is -2.14. The normalized spacial score (nSPS) is 11.2. The van der Waals surface area contributed by atoms with Gasteiger partial charge in [0.1, 0.15) is 5.75 Å². The lowest BCUT2D eigenvalue weighted by Crippen LogP contribution is -2.08. The number of thioether (sulfide) groups is 1. The standard InChI is InChI=1S/C25H28N4O2S2/c1-6-11-28-17(3)14-19(18(28)4)21(30)15-33-25-27-26-24(23-8-7-12-32-23)29(25)20-13-16(2)9-10-22(20)31-5/h7-10,12-14H,6,11,15H2,1-5H3. The number of nitrogens with zero attached hydrogens (tertiary/aromatic N) is 4. The van der Waals surface area contributed by atoms with Crippen LogP contribution >= 0.6 is 23.1 Å². The molecule has 172 valence electrons. The number of carbonyl (C=O) groups excluding carboxylic acids is 1. The first kappa shape index (κ1) is 23.3. The first-order chi connectivity index (χ1) is 15.9. The molecule has 0 unspecified atom stereocenters. The van der Waals surface area contributed by atoms with E-state index in [1.807, 2.05) is 54.1 Å². The van der Waals surface area contributed by atoms with Crippen LogP contribution in [-0.2, 0) is 6.54 Å². The van der Waals surface area contributed by atoms with Crippen molar-refractivity contribution >= 4 is 28.9 Å². The fourth-order valence-electron chi connectivity index (χ4n) is 3.98. The molecule has 0 saturated heterocycles. The third-order valence-electron chi connectivity index (χ3n) is 5.60. The van der Waals surface area contributed by atoms with Crippen molar-refractivity contribution in [2.45, 2.75) is 45.8 Å². The number of thiophene rings is 1. The summed E-state index contributed by atoms with van der Waals surface area (Å²) in [6.45, 7) is 9.19. The van der Waals surface area contributed by atoms with E-state index in [0.717, 1.165) is 57.6 Å². The molecule has 0 aliphatic rings. The largest absolute Gasteiger partial charge is 0.495 e. The minimum absolute atomic E-state index is 0.0962. The van der Waals surface area contributed by atoms with Crippen LogP contribution in [0.4, 0.5) is 0 Å². The number of carbonyl (C=O) groups is 1. The van der Waals surface area contributed by atoms with Crippen molar-refractivity contribution in [3.05, 3.63) is 64.3 Å². The molecule has 0 atom stereocenters. The van der Waals surface area contributed by atoms with Gasteiger partial charge in [0.05, 0.1) is 23.4 Å². The van der Waals surface area contributed by atoms with Crippen LogP contribution in [0.2, 0.25) is 0 Å². The molecule has 8 heteroatoms. The van der Waals surface area contributed by atoms with E-state index in [4.69, 9.17) is 4.74 Å². The highest BCUT2D eigenvalue weighted by Gasteiger charge is 2.22. The minimum Gasteiger partial charge on any atom is -0.495 e. The van der Waals surface area contributed by atoms with Crippen LogP contribution in [0.1, 0.15) is 40.7 Å². The maximum Gasteiger partial charge on any atom is 0.196 e. The zero-order chi connectivity index (χ0) is 23.5. The van der Waals surface area contributed by atoms with Crippen LogP contribution in [-0.4, -0.2) is 38.0 Å². The van der Waals surface area contributed by atoms with E-state index in [9.17, 15) is 4.79 Å². The average Bonchev–Trinajstić information content (AvgIpc) is 3.53. The number of aryl methyl sites for hydroxylation is 2. The van der Waals surface area contributed by atoms with Gasteiger partial charge < -0.3 is 9.30 Å². The van der Waals surface area contributed by atoms with Crippen molar-refractivity contribution in [1.82, 2.24) is 19.3 Å². The highest BCUT2D eigenvalue weighted by atomic mass is 32.2. The summed E-state index contributed by atoms with van der Waals surface area (Å²) in [5, 5.41) is 11.6.